The van der Waals surface area contributed by atoms with Crippen molar-refractivity contribution in [3.63, 3.8) is 0 Å². The molecule has 5 atom stereocenters. The topological polar surface area (TPSA) is 170 Å². The van der Waals surface area contributed by atoms with E-state index in [-0.39, 0.29) is 43.2 Å². The molecule has 5 heterocycles. The van der Waals surface area contributed by atoms with Crippen molar-refractivity contribution in [2.45, 2.75) is 69.1 Å². The molecule has 2 saturated heterocycles. The van der Waals surface area contributed by atoms with Crippen LogP contribution in [-0.4, -0.2) is 82.1 Å². The summed E-state index contributed by atoms with van der Waals surface area (Å²) in [4.78, 5) is 25.5. The lowest BCUT2D eigenvalue weighted by atomic mass is 10.0. The molecule has 0 saturated carbocycles. The maximum absolute atomic E-state index is 12.3. The summed E-state index contributed by atoms with van der Waals surface area (Å²) in [7, 11) is 0.555. The summed E-state index contributed by atoms with van der Waals surface area (Å²) in [6, 6.07) is 0. The van der Waals surface area contributed by atoms with Crippen LogP contribution in [0.3, 0.4) is 0 Å². The van der Waals surface area contributed by atoms with Crippen molar-refractivity contribution < 1.29 is 28.1 Å². The highest BCUT2D eigenvalue weighted by molar-refractivity contribution is 7.46. The Labute approximate surface area is 232 Å². The Kier molecular flexibility index (Phi) is 8.02. The van der Waals surface area contributed by atoms with Gasteiger partial charge >= 0.3 is 0 Å². The number of nitrogens with two attached hydrogens (primary N) is 1. The van der Waals surface area contributed by atoms with Crippen LogP contribution < -0.4 is 11.1 Å². The summed E-state index contributed by atoms with van der Waals surface area (Å²) in [6.07, 6.45) is 6.23. The van der Waals surface area contributed by atoms with E-state index in [4.69, 9.17) is 35.4 Å². The number of fused-ring (bicyclic) bond motifs is 2. The smallest absolute Gasteiger partial charge is 0.225 e. The summed E-state index contributed by atoms with van der Waals surface area (Å²) >= 11 is 0. The summed E-state index contributed by atoms with van der Waals surface area (Å²) in [5, 5.41) is 10.7. The van der Waals surface area contributed by atoms with Crippen LogP contribution >= 0.6 is 8.38 Å². The molecule has 14 nitrogen and oxygen atoms in total. The van der Waals surface area contributed by atoms with Gasteiger partial charge < -0.3 is 34.3 Å². The average molecular weight is 571 g/mol. The van der Waals surface area contributed by atoms with Crippen molar-refractivity contribution in [2.24, 2.45) is 10.2 Å². The third-order valence-corrected chi connectivity index (χ3v) is 7.62. The predicted molar refractivity (Wildman–Crippen MR) is 143 cm³/mol. The quantitative estimate of drug-likeness (QED) is 0.318. The number of hydrogen-bond donors (Lipinski definition) is 2. The second kappa shape index (κ2) is 11.3. The van der Waals surface area contributed by atoms with Crippen molar-refractivity contribution in [1.29, 1.82) is 0 Å². The minimum atomic E-state index is -1.04. The highest BCUT2D eigenvalue weighted by Gasteiger charge is 2.56. The van der Waals surface area contributed by atoms with Gasteiger partial charge in [-0.3, -0.25) is 9.36 Å². The maximum atomic E-state index is 12.3. The van der Waals surface area contributed by atoms with Crippen molar-refractivity contribution in [3.8, 4) is 24.2 Å². The molecule has 0 radical (unpaired) electrons. The number of ether oxygens (including phenoxy) is 3. The predicted octanol–water partition coefficient (Wildman–Crippen LogP) is 1.86. The van der Waals surface area contributed by atoms with Gasteiger partial charge in [0.15, 0.2) is 31.9 Å². The SMILES string of the molecule is C#CCCC1(CC(=O)NCC#Cc2nc(N)c3ncn(C4OC(COP(C)OC)C5OC(C)(C)OC54)c3n2)N=N1. The van der Waals surface area contributed by atoms with Crippen LogP contribution in [0, 0.1) is 24.2 Å². The van der Waals surface area contributed by atoms with Crippen LogP contribution in [0.15, 0.2) is 16.6 Å². The van der Waals surface area contributed by atoms with Crippen LogP contribution in [-0.2, 0) is 28.1 Å². The molecule has 1 amide bonds. The molecule has 3 aliphatic heterocycles. The number of nitrogens with zero attached hydrogens (tertiary/aromatic N) is 6. The Morgan fingerprint density at radius 3 is 2.80 bits per heavy atom. The second-order valence-electron chi connectivity index (χ2n) is 9.95. The Balaban J connectivity index is 1.29. The molecule has 3 N–H and O–H groups in total. The molecule has 5 unspecified atom stereocenters. The standard InChI is InChI=1S/C25H31N8O6P/c1-6-7-10-25(31-32-25)12-17(34)27-11-8-9-16-29-21(26)18-22(30-16)33(14-28-18)23-20-19(38-24(2,3)39-20)15(37-23)13-36-40(5)35-4/h1,14-15,19-20,23H,7,10-13H2,2-5H3,(H,27,34)(H2,26,29,30). The minimum Gasteiger partial charge on any atom is -0.382 e. The molecule has 40 heavy (non-hydrogen) atoms. The number of amides is 1. The number of aromatic nitrogens is 4. The first-order valence-electron chi connectivity index (χ1n) is 12.7. The van der Waals surface area contributed by atoms with E-state index in [1.54, 1.807) is 18.0 Å². The van der Waals surface area contributed by atoms with Crippen LogP contribution in [0.4, 0.5) is 5.82 Å². The number of hydrogen-bond acceptors (Lipinski definition) is 12. The summed E-state index contributed by atoms with van der Waals surface area (Å²) in [5.41, 5.74) is 6.33. The van der Waals surface area contributed by atoms with Crippen molar-refractivity contribution >= 4 is 31.3 Å². The van der Waals surface area contributed by atoms with Gasteiger partial charge in [-0.15, -0.1) is 12.3 Å². The lowest BCUT2D eigenvalue weighted by Gasteiger charge is -2.25. The van der Waals surface area contributed by atoms with Gasteiger partial charge in [0.25, 0.3) is 0 Å². The Bertz CT molecular complexity index is 1410. The Hall–Kier alpha value is -3.23. The van der Waals surface area contributed by atoms with Crippen LogP contribution in [0.1, 0.15) is 45.2 Å². The molecule has 2 aromatic heterocycles. The van der Waals surface area contributed by atoms with Gasteiger partial charge in [0.05, 0.1) is 25.9 Å². The van der Waals surface area contributed by atoms with E-state index >= 15 is 0 Å². The van der Waals surface area contributed by atoms with E-state index < -0.39 is 38.3 Å². The van der Waals surface area contributed by atoms with E-state index in [9.17, 15) is 4.79 Å². The molecular formula is C25H31N8O6P. The number of carbonyl (C=O) groups is 1. The fourth-order valence-corrected chi connectivity index (χ4v) is 5.08. The van der Waals surface area contributed by atoms with Gasteiger partial charge in [0.2, 0.25) is 17.4 Å². The van der Waals surface area contributed by atoms with E-state index in [0.717, 1.165) is 0 Å². The van der Waals surface area contributed by atoms with E-state index in [1.165, 1.54) is 0 Å². The lowest BCUT2D eigenvalue weighted by molar-refractivity contribution is -0.198. The number of nitrogen functional groups attached to an aromatic ring is 1. The van der Waals surface area contributed by atoms with E-state index in [0.29, 0.717) is 24.0 Å². The van der Waals surface area contributed by atoms with Gasteiger partial charge in [-0.2, -0.15) is 10.2 Å². The van der Waals surface area contributed by atoms with E-state index in [1.807, 2.05) is 20.5 Å². The van der Waals surface area contributed by atoms with Crippen molar-refractivity contribution in [1.82, 2.24) is 24.8 Å². The van der Waals surface area contributed by atoms with Crippen molar-refractivity contribution in [2.75, 3.05) is 32.7 Å². The fourth-order valence-electron chi connectivity index (χ4n) is 4.62. The molecule has 15 heteroatoms. The second-order valence-corrected chi connectivity index (χ2v) is 11.4. The molecule has 2 aromatic rings. The zero-order valence-corrected chi connectivity index (χ0v) is 23.6. The summed E-state index contributed by atoms with van der Waals surface area (Å²) in [5.74, 6) is 7.56. The minimum absolute atomic E-state index is 0.0868. The Morgan fingerprint density at radius 1 is 1.30 bits per heavy atom. The molecule has 212 valence electrons. The van der Waals surface area contributed by atoms with Crippen LogP contribution in [0.5, 0.6) is 0 Å². The largest absolute Gasteiger partial charge is 0.382 e. The highest BCUT2D eigenvalue weighted by atomic mass is 31.2. The summed E-state index contributed by atoms with van der Waals surface area (Å²) in [6.45, 7) is 5.93. The molecule has 0 bridgehead atoms. The fraction of sp³-hybridized carbons (Fsp3) is 0.600. The molecule has 0 aromatic carbocycles. The molecule has 3 aliphatic rings. The maximum Gasteiger partial charge on any atom is 0.225 e. The Morgan fingerprint density at radius 2 is 2.08 bits per heavy atom. The van der Waals surface area contributed by atoms with Gasteiger partial charge in [-0.25, -0.2) is 15.0 Å². The number of nitrogens with one attached hydrogen (secondary N) is 1. The van der Waals surface area contributed by atoms with Crippen LogP contribution in [0.25, 0.3) is 11.2 Å². The molecule has 0 spiro atoms. The number of terminal acetylenes is 1. The van der Waals surface area contributed by atoms with E-state index in [2.05, 4.69) is 48.3 Å². The van der Waals surface area contributed by atoms with Gasteiger partial charge in [-0.1, -0.05) is 5.92 Å². The zero-order valence-electron chi connectivity index (χ0n) is 22.7. The number of anilines is 1. The number of rotatable bonds is 10. The normalized spacial score (nSPS) is 26.1. The van der Waals surface area contributed by atoms with Gasteiger partial charge in [-0.05, 0) is 19.8 Å². The molecule has 0 aliphatic carbocycles. The monoisotopic (exact) mass is 570 g/mol. The first-order valence-corrected chi connectivity index (χ1v) is 14.3. The molecular weight excluding hydrogens is 539 g/mol. The molecule has 2 fully saturated rings. The zero-order chi connectivity index (χ0) is 28.5. The first-order chi connectivity index (χ1) is 19.1. The average Bonchev–Trinajstić information content (AvgIpc) is 3.23. The van der Waals surface area contributed by atoms with Crippen molar-refractivity contribution in [3.05, 3.63) is 12.2 Å². The molecule has 5 rings (SSSR count). The third kappa shape index (κ3) is 6.08. The number of carbonyl (C=O) groups excluding carboxylic acids is 1. The van der Waals surface area contributed by atoms with Gasteiger partial charge in [0, 0.05) is 26.6 Å². The highest BCUT2D eigenvalue weighted by Crippen LogP contribution is 2.45. The van der Waals surface area contributed by atoms with Crippen LogP contribution in [0.2, 0.25) is 0 Å². The van der Waals surface area contributed by atoms with Gasteiger partial charge in [0.1, 0.15) is 23.8 Å². The first kappa shape index (κ1) is 28.3. The lowest BCUT2D eigenvalue weighted by Crippen LogP contribution is -2.32. The summed E-state index contributed by atoms with van der Waals surface area (Å²) < 4.78 is 31.5. The third-order valence-electron chi connectivity index (χ3n) is 6.60. The number of imidazole rings is 1.